The molecule has 1 aliphatic rings. The second kappa shape index (κ2) is 8.55. The van der Waals surface area contributed by atoms with E-state index in [1.54, 1.807) is 24.3 Å². The van der Waals surface area contributed by atoms with Crippen molar-refractivity contribution in [1.29, 1.82) is 0 Å². The first-order chi connectivity index (χ1) is 14.1. The highest BCUT2D eigenvalue weighted by atomic mass is 16.6. The van der Waals surface area contributed by atoms with Crippen molar-refractivity contribution >= 4 is 5.69 Å². The highest BCUT2D eigenvalue weighted by Gasteiger charge is 2.21. The van der Waals surface area contributed by atoms with E-state index in [4.69, 9.17) is 5.10 Å². The fraction of sp³-hybridized carbons (Fsp3) is 0.318. The summed E-state index contributed by atoms with van der Waals surface area (Å²) >= 11 is 0. The van der Waals surface area contributed by atoms with Crippen LogP contribution in [0.2, 0.25) is 0 Å². The number of nitro benzene ring substituents is 1. The molecule has 0 amide bonds. The highest BCUT2D eigenvalue weighted by molar-refractivity contribution is 5.64. The molecule has 3 aromatic rings. The molecule has 0 spiro atoms. The minimum atomic E-state index is -0.376. The van der Waals surface area contributed by atoms with Crippen LogP contribution >= 0.6 is 0 Å². The molecule has 0 radical (unpaired) electrons. The van der Waals surface area contributed by atoms with Gasteiger partial charge in [-0.1, -0.05) is 18.2 Å². The Bertz CT molecular complexity index is 969. The van der Waals surface area contributed by atoms with Crippen LogP contribution in [-0.2, 0) is 6.54 Å². The largest absolute Gasteiger partial charge is 0.316 e. The van der Waals surface area contributed by atoms with Crippen molar-refractivity contribution < 1.29 is 4.92 Å². The number of para-hydroxylation sites is 1. The van der Waals surface area contributed by atoms with Gasteiger partial charge in [-0.3, -0.25) is 15.0 Å². The van der Waals surface area contributed by atoms with Crippen molar-refractivity contribution in [2.75, 3.05) is 20.1 Å². The van der Waals surface area contributed by atoms with Crippen LogP contribution in [0.25, 0.3) is 16.9 Å². The number of benzene rings is 2. The first-order valence-corrected chi connectivity index (χ1v) is 9.92. The Morgan fingerprint density at radius 1 is 1.17 bits per heavy atom. The molecule has 1 unspecified atom stereocenters. The summed E-state index contributed by atoms with van der Waals surface area (Å²) in [4.78, 5) is 13.1. The van der Waals surface area contributed by atoms with Gasteiger partial charge in [0.2, 0.25) is 0 Å². The molecule has 1 aromatic heterocycles. The average Bonchev–Trinajstić information content (AvgIpc) is 3.18. The normalized spacial score (nSPS) is 17.3. The lowest BCUT2D eigenvalue weighted by molar-refractivity contribution is -0.384. The molecule has 4 rings (SSSR count). The van der Waals surface area contributed by atoms with Crippen LogP contribution in [0.1, 0.15) is 18.4 Å². The van der Waals surface area contributed by atoms with Gasteiger partial charge in [0.15, 0.2) is 0 Å². The summed E-state index contributed by atoms with van der Waals surface area (Å²) in [6.45, 7) is 2.87. The molecule has 29 heavy (non-hydrogen) atoms. The van der Waals surface area contributed by atoms with Crippen molar-refractivity contribution in [3.8, 4) is 16.9 Å². The summed E-state index contributed by atoms with van der Waals surface area (Å²) in [5.41, 5.74) is 3.97. The summed E-state index contributed by atoms with van der Waals surface area (Å²) in [5, 5.41) is 19.2. The first kappa shape index (κ1) is 19.3. The molecule has 2 heterocycles. The molecule has 2 aromatic carbocycles. The van der Waals surface area contributed by atoms with Crippen LogP contribution < -0.4 is 5.32 Å². The maximum Gasteiger partial charge on any atom is 0.269 e. The number of rotatable bonds is 6. The molecule has 1 fully saturated rings. The van der Waals surface area contributed by atoms with Crippen LogP contribution in [0.4, 0.5) is 5.69 Å². The topological polar surface area (TPSA) is 76.2 Å². The molecule has 1 N–H and O–H groups in total. The summed E-state index contributed by atoms with van der Waals surface area (Å²) in [6, 6.07) is 17.2. The number of likely N-dealkylation sites (N-methyl/N-ethyl adjacent to an activating group) is 1. The second-order valence-electron chi connectivity index (χ2n) is 7.45. The Hall–Kier alpha value is -3.03. The van der Waals surface area contributed by atoms with E-state index in [9.17, 15) is 10.1 Å². The van der Waals surface area contributed by atoms with E-state index in [0.29, 0.717) is 6.04 Å². The molecule has 150 valence electrons. The van der Waals surface area contributed by atoms with Gasteiger partial charge in [0, 0.05) is 48.6 Å². The lowest BCUT2D eigenvalue weighted by Crippen LogP contribution is -2.43. The number of piperidine rings is 1. The Balaban J connectivity index is 1.68. The van der Waals surface area contributed by atoms with Crippen LogP contribution in [-0.4, -0.2) is 45.8 Å². The first-order valence-electron chi connectivity index (χ1n) is 9.92. The van der Waals surface area contributed by atoms with Gasteiger partial charge in [0.25, 0.3) is 5.69 Å². The Morgan fingerprint density at radius 3 is 2.62 bits per heavy atom. The Kier molecular flexibility index (Phi) is 5.69. The third-order valence-electron chi connectivity index (χ3n) is 5.47. The number of nitrogens with one attached hydrogen (secondary N) is 1. The number of nitro groups is 1. The van der Waals surface area contributed by atoms with Gasteiger partial charge in [0.05, 0.1) is 16.3 Å². The maximum atomic E-state index is 11.0. The smallest absolute Gasteiger partial charge is 0.269 e. The van der Waals surface area contributed by atoms with Gasteiger partial charge in [-0.05, 0) is 50.7 Å². The van der Waals surface area contributed by atoms with Crippen molar-refractivity contribution in [2.45, 2.75) is 25.4 Å². The predicted octanol–water partition coefficient (Wildman–Crippen LogP) is 3.63. The van der Waals surface area contributed by atoms with Gasteiger partial charge in [-0.15, -0.1) is 0 Å². The highest BCUT2D eigenvalue weighted by Crippen LogP contribution is 2.27. The van der Waals surface area contributed by atoms with E-state index in [0.717, 1.165) is 42.1 Å². The number of non-ortho nitro benzene ring substituents is 1. The lowest BCUT2D eigenvalue weighted by Gasteiger charge is -2.32. The van der Waals surface area contributed by atoms with Crippen LogP contribution in [0.5, 0.6) is 0 Å². The fourth-order valence-corrected chi connectivity index (χ4v) is 3.90. The minimum Gasteiger partial charge on any atom is -0.316 e. The Labute approximate surface area is 170 Å². The van der Waals surface area contributed by atoms with Crippen LogP contribution in [0, 0.1) is 10.1 Å². The maximum absolute atomic E-state index is 11.0. The molecule has 1 saturated heterocycles. The molecular formula is C22H25N5O2. The van der Waals surface area contributed by atoms with Crippen LogP contribution in [0.15, 0.2) is 60.8 Å². The quantitative estimate of drug-likeness (QED) is 0.513. The van der Waals surface area contributed by atoms with Gasteiger partial charge >= 0.3 is 0 Å². The van der Waals surface area contributed by atoms with Crippen molar-refractivity contribution in [3.05, 3.63) is 76.5 Å². The number of aromatic nitrogens is 2. The molecule has 1 atom stereocenters. The van der Waals surface area contributed by atoms with Crippen LogP contribution in [0.3, 0.4) is 0 Å². The molecule has 0 aliphatic carbocycles. The molecule has 7 heteroatoms. The number of nitrogens with zero attached hydrogens (tertiary/aromatic N) is 4. The third kappa shape index (κ3) is 4.36. The lowest BCUT2D eigenvalue weighted by atomic mass is 10.0. The molecule has 0 bridgehead atoms. The van der Waals surface area contributed by atoms with Crippen molar-refractivity contribution in [3.63, 3.8) is 0 Å². The van der Waals surface area contributed by atoms with Gasteiger partial charge in [-0.25, -0.2) is 4.68 Å². The molecule has 1 aliphatic heterocycles. The Morgan fingerprint density at radius 2 is 1.93 bits per heavy atom. The molecule has 0 saturated carbocycles. The van der Waals surface area contributed by atoms with Crippen molar-refractivity contribution in [2.24, 2.45) is 0 Å². The number of hydrogen-bond acceptors (Lipinski definition) is 5. The minimum absolute atomic E-state index is 0.0886. The van der Waals surface area contributed by atoms with Crippen molar-refractivity contribution in [1.82, 2.24) is 20.0 Å². The average molecular weight is 391 g/mol. The van der Waals surface area contributed by atoms with E-state index in [-0.39, 0.29) is 10.6 Å². The standard InChI is InChI=1S/C22H25N5O2/c1-23-19-6-5-13-25(16-19)14-18-15-26(20-7-3-2-4-8-20)24-22(18)17-9-11-21(12-10-17)27(28)29/h2-4,7-12,15,19,23H,5-6,13-14,16H2,1H3. The van der Waals surface area contributed by atoms with Gasteiger partial charge in [-0.2, -0.15) is 5.10 Å². The monoisotopic (exact) mass is 391 g/mol. The SMILES string of the molecule is CNC1CCCN(Cc2cn(-c3ccccc3)nc2-c2ccc([N+](=O)[O-])cc2)C1. The van der Waals surface area contributed by atoms with Gasteiger partial charge in [0.1, 0.15) is 0 Å². The second-order valence-corrected chi connectivity index (χ2v) is 7.45. The summed E-state index contributed by atoms with van der Waals surface area (Å²) in [7, 11) is 2.02. The molecular weight excluding hydrogens is 366 g/mol. The zero-order chi connectivity index (χ0) is 20.2. The summed E-state index contributed by atoms with van der Waals surface area (Å²) in [5.74, 6) is 0. The van der Waals surface area contributed by atoms with E-state index in [2.05, 4.69) is 16.4 Å². The third-order valence-corrected chi connectivity index (χ3v) is 5.47. The summed E-state index contributed by atoms with van der Waals surface area (Å²) < 4.78 is 1.89. The van der Waals surface area contributed by atoms with Gasteiger partial charge < -0.3 is 5.32 Å². The predicted molar refractivity (Wildman–Crippen MR) is 113 cm³/mol. The zero-order valence-electron chi connectivity index (χ0n) is 16.5. The molecule has 7 nitrogen and oxygen atoms in total. The van der Waals surface area contributed by atoms with E-state index < -0.39 is 0 Å². The fourth-order valence-electron chi connectivity index (χ4n) is 3.90. The number of hydrogen-bond donors (Lipinski definition) is 1. The number of likely N-dealkylation sites (tertiary alicyclic amines) is 1. The summed E-state index contributed by atoms with van der Waals surface area (Å²) in [6.07, 6.45) is 4.45. The van der Waals surface area contributed by atoms with E-state index in [1.165, 1.54) is 12.8 Å². The van der Waals surface area contributed by atoms with E-state index in [1.807, 2.05) is 42.1 Å². The van der Waals surface area contributed by atoms with E-state index >= 15 is 0 Å². The zero-order valence-corrected chi connectivity index (χ0v) is 16.5.